The number of hydrogen-bond donors (Lipinski definition) is 1. The molecule has 2 rings (SSSR count). The van der Waals surface area contributed by atoms with Gasteiger partial charge in [0.05, 0.1) is 7.11 Å². The molecule has 0 aliphatic carbocycles. The van der Waals surface area contributed by atoms with Crippen LogP contribution in [0.3, 0.4) is 0 Å². The first-order chi connectivity index (χ1) is 9.79. The van der Waals surface area contributed by atoms with E-state index in [1.807, 2.05) is 36.4 Å². The second-order valence-electron chi connectivity index (χ2n) is 4.48. The molecule has 1 N–H and O–H groups in total. The fraction of sp³-hybridized carbons (Fsp3) is 0.312. The van der Waals surface area contributed by atoms with Crippen LogP contribution in [0.4, 0.5) is 0 Å². The van der Waals surface area contributed by atoms with Gasteiger partial charge in [0.1, 0.15) is 18.1 Å². The summed E-state index contributed by atoms with van der Waals surface area (Å²) in [7, 11) is 1.65. The summed E-state index contributed by atoms with van der Waals surface area (Å²) in [6, 6.07) is 11.9. The van der Waals surface area contributed by atoms with E-state index < -0.39 is 0 Å². The average molecular weight is 272 g/mol. The van der Waals surface area contributed by atoms with Gasteiger partial charge in [-0.15, -0.1) is 0 Å². The van der Waals surface area contributed by atoms with Gasteiger partial charge in [0.25, 0.3) is 0 Å². The Bertz CT molecular complexity index is 500. The molecular formula is C16H20N2O2. The van der Waals surface area contributed by atoms with Crippen LogP contribution in [-0.2, 0) is 0 Å². The number of nitrogens with one attached hydrogen (secondary N) is 1. The molecule has 4 heteroatoms. The number of pyridine rings is 1. The second-order valence-corrected chi connectivity index (χ2v) is 4.48. The summed E-state index contributed by atoms with van der Waals surface area (Å²) in [6.45, 7) is 3.54. The molecule has 106 valence electrons. The Kier molecular flexibility index (Phi) is 5.38. The smallest absolute Gasteiger partial charge is 0.119 e. The van der Waals surface area contributed by atoms with Gasteiger partial charge in [-0.05, 0) is 48.9 Å². The molecule has 0 saturated carbocycles. The maximum Gasteiger partial charge on any atom is 0.119 e. The number of rotatable bonds is 7. The van der Waals surface area contributed by atoms with Crippen LogP contribution in [0.25, 0.3) is 0 Å². The molecule has 1 heterocycles. The molecular weight excluding hydrogens is 252 g/mol. The van der Waals surface area contributed by atoms with E-state index in [4.69, 9.17) is 9.47 Å². The highest BCUT2D eigenvalue weighted by Crippen LogP contribution is 2.16. The Labute approximate surface area is 119 Å². The fourth-order valence-corrected chi connectivity index (χ4v) is 1.89. The Morgan fingerprint density at radius 1 is 1.05 bits per heavy atom. The summed E-state index contributed by atoms with van der Waals surface area (Å²) in [5, 5.41) is 3.41. The first-order valence-corrected chi connectivity index (χ1v) is 6.70. The molecule has 0 amide bonds. The first kappa shape index (κ1) is 14.3. The zero-order valence-electron chi connectivity index (χ0n) is 11.9. The van der Waals surface area contributed by atoms with Crippen LogP contribution in [-0.4, -0.2) is 25.2 Å². The topological polar surface area (TPSA) is 43.4 Å². The van der Waals surface area contributed by atoms with Crippen LogP contribution in [0.15, 0.2) is 48.8 Å². The Hall–Kier alpha value is -2.07. The molecule has 0 radical (unpaired) electrons. The van der Waals surface area contributed by atoms with Crippen molar-refractivity contribution in [3.8, 4) is 11.5 Å². The number of nitrogens with zero attached hydrogens (tertiary/aromatic N) is 1. The van der Waals surface area contributed by atoms with Gasteiger partial charge in [0, 0.05) is 25.0 Å². The highest BCUT2D eigenvalue weighted by molar-refractivity contribution is 5.31. The van der Waals surface area contributed by atoms with Crippen LogP contribution < -0.4 is 14.8 Å². The van der Waals surface area contributed by atoms with Gasteiger partial charge in [-0.2, -0.15) is 0 Å². The van der Waals surface area contributed by atoms with Crippen LogP contribution in [0.5, 0.6) is 11.5 Å². The van der Waals surface area contributed by atoms with E-state index in [1.54, 1.807) is 19.5 Å². The molecule has 1 aromatic heterocycles. The van der Waals surface area contributed by atoms with Crippen molar-refractivity contribution in [1.82, 2.24) is 10.3 Å². The van der Waals surface area contributed by atoms with E-state index in [0.717, 1.165) is 18.0 Å². The number of benzene rings is 1. The number of hydrogen-bond acceptors (Lipinski definition) is 4. The van der Waals surface area contributed by atoms with Gasteiger partial charge >= 0.3 is 0 Å². The summed E-state index contributed by atoms with van der Waals surface area (Å²) >= 11 is 0. The molecule has 1 atom stereocenters. The van der Waals surface area contributed by atoms with E-state index in [9.17, 15) is 0 Å². The van der Waals surface area contributed by atoms with Crippen LogP contribution in [0.1, 0.15) is 18.5 Å². The molecule has 20 heavy (non-hydrogen) atoms. The largest absolute Gasteiger partial charge is 0.497 e. The van der Waals surface area contributed by atoms with Crippen LogP contribution in [0, 0.1) is 0 Å². The minimum absolute atomic E-state index is 0.289. The predicted octanol–water partition coefficient (Wildman–Crippen LogP) is 2.82. The number of aromatic nitrogens is 1. The molecule has 4 nitrogen and oxygen atoms in total. The lowest BCUT2D eigenvalue weighted by molar-refractivity contribution is 0.307. The Morgan fingerprint density at radius 3 is 2.35 bits per heavy atom. The average Bonchev–Trinajstić information content (AvgIpc) is 2.53. The lowest BCUT2D eigenvalue weighted by Gasteiger charge is -2.14. The predicted molar refractivity (Wildman–Crippen MR) is 79.1 cm³/mol. The van der Waals surface area contributed by atoms with Crippen molar-refractivity contribution in [3.63, 3.8) is 0 Å². The summed E-state index contributed by atoms with van der Waals surface area (Å²) in [6.07, 6.45) is 3.61. The van der Waals surface area contributed by atoms with Crippen molar-refractivity contribution in [2.45, 2.75) is 13.0 Å². The van der Waals surface area contributed by atoms with Gasteiger partial charge in [-0.1, -0.05) is 0 Å². The Morgan fingerprint density at radius 2 is 1.70 bits per heavy atom. The summed E-state index contributed by atoms with van der Waals surface area (Å²) in [5.74, 6) is 1.69. The summed E-state index contributed by atoms with van der Waals surface area (Å²) < 4.78 is 10.8. The molecule has 0 aliphatic heterocycles. The highest BCUT2D eigenvalue weighted by Gasteiger charge is 2.03. The molecule has 0 unspecified atom stereocenters. The van der Waals surface area contributed by atoms with E-state index in [0.29, 0.717) is 6.61 Å². The molecule has 0 bridgehead atoms. The summed E-state index contributed by atoms with van der Waals surface area (Å²) in [5.41, 5.74) is 1.23. The standard InChI is InChI=1S/C16H20N2O2/c1-13(14-7-9-17-10-8-14)18-11-12-20-16-5-3-15(19-2)4-6-16/h3-10,13,18H,11-12H2,1-2H3/t13-/m0/s1. The second kappa shape index (κ2) is 7.50. The third-order valence-electron chi connectivity index (χ3n) is 3.09. The van der Waals surface area contributed by atoms with E-state index in [-0.39, 0.29) is 6.04 Å². The quantitative estimate of drug-likeness (QED) is 0.787. The van der Waals surface area contributed by atoms with Gasteiger partial charge in [-0.25, -0.2) is 0 Å². The van der Waals surface area contributed by atoms with Crippen LogP contribution in [0.2, 0.25) is 0 Å². The minimum atomic E-state index is 0.289. The van der Waals surface area contributed by atoms with Crippen molar-refractivity contribution in [2.24, 2.45) is 0 Å². The first-order valence-electron chi connectivity index (χ1n) is 6.70. The normalized spacial score (nSPS) is 11.9. The van der Waals surface area contributed by atoms with E-state index in [2.05, 4.69) is 17.2 Å². The van der Waals surface area contributed by atoms with E-state index >= 15 is 0 Å². The highest BCUT2D eigenvalue weighted by atomic mass is 16.5. The third-order valence-corrected chi connectivity index (χ3v) is 3.09. The van der Waals surface area contributed by atoms with Crippen LogP contribution >= 0.6 is 0 Å². The van der Waals surface area contributed by atoms with Gasteiger partial charge in [-0.3, -0.25) is 4.98 Å². The molecule has 0 spiro atoms. The molecule has 0 saturated heterocycles. The van der Waals surface area contributed by atoms with Crippen molar-refractivity contribution < 1.29 is 9.47 Å². The zero-order valence-corrected chi connectivity index (χ0v) is 11.9. The summed E-state index contributed by atoms with van der Waals surface area (Å²) in [4.78, 5) is 4.02. The maximum atomic E-state index is 5.66. The lowest BCUT2D eigenvalue weighted by atomic mass is 10.1. The third kappa shape index (κ3) is 4.24. The van der Waals surface area contributed by atoms with Gasteiger partial charge in [0.15, 0.2) is 0 Å². The molecule has 0 fully saturated rings. The number of ether oxygens (including phenoxy) is 2. The van der Waals surface area contributed by atoms with Crippen molar-refractivity contribution in [3.05, 3.63) is 54.4 Å². The van der Waals surface area contributed by atoms with Crippen molar-refractivity contribution in [2.75, 3.05) is 20.3 Å². The van der Waals surface area contributed by atoms with Gasteiger partial charge < -0.3 is 14.8 Å². The number of methoxy groups -OCH3 is 1. The molecule has 0 aliphatic rings. The fourth-order valence-electron chi connectivity index (χ4n) is 1.89. The lowest BCUT2D eigenvalue weighted by Crippen LogP contribution is -2.24. The van der Waals surface area contributed by atoms with Crippen molar-refractivity contribution in [1.29, 1.82) is 0 Å². The van der Waals surface area contributed by atoms with Crippen molar-refractivity contribution >= 4 is 0 Å². The minimum Gasteiger partial charge on any atom is -0.497 e. The molecule has 2 aromatic rings. The molecule has 1 aromatic carbocycles. The van der Waals surface area contributed by atoms with Gasteiger partial charge in [0.2, 0.25) is 0 Å². The zero-order chi connectivity index (χ0) is 14.2. The monoisotopic (exact) mass is 272 g/mol. The SMILES string of the molecule is COc1ccc(OCCN[C@@H](C)c2ccncc2)cc1. The maximum absolute atomic E-state index is 5.66. The van der Waals surface area contributed by atoms with E-state index in [1.165, 1.54) is 5.56 Å². The Balaban J connectivity index is 1.70.